The molecule has 0 bridgehead atoms. The summed E-state index contributed by atoms with van der Waals surface area (Å²) >= 11 is 3.45. The zero-order valence-electron chi connectivity index (χ0n) is 15.2. The van der Waals surface area contributed by atoms with Crippen LogP contribution in [0.1, 0.15) is 110 Å². The molecule has 0 spiro atoms. The molecule has 1 aliphatic carbocycles. The monoisotopic (exact) mass is 384 g/mol. The maximum absolute atomic E-state index is 10.4. The number of hydrogen-bond acceptors (Lipinski definition) is 1. The van der Waals surface area contributed by atoms with Gasteiger partial charge in [-0.05, 0) is 35.2 Å². The first kappa shape index (κ1) is 21.0. The van der Waals surface area contributed by atoms with Crippen molar-refractivity contribution >= 4 is 15.9 Å². The molecule has 23 heavy (non-hydrogen) atoms. The zero-order chi connectivity index (χ0) is 16.8. The molecule has 0 aromatic rings. The molecule has 0 amide bonds. The van der Waals surface area contributed by atoms with E-state index in [-0.39, 0.29) is 0 Å². The van der Waals surface area contributed by atoms with Crippen LogP contribution < -0.4 is 0 Å². The van der Waals surface area contributed by atoms with Crippen molar-refractivity contribution in [1.82, 2.24) is 0 Å². The van der Waals surface area contributed by atoms with Crippen LogP contribution in [0.15, 0.2) is 0 Å². The Morgan fingerprint density at radius 2 is 1.39 bits per heavy atom. The van der Waals surface area contributed by atoms with Gasteiger partial charge in [-0.15, -0.1) is 0 Å². The molecule has 1 fully saturated rings. The van der Waals surface area contributed by atoms with Crippen molar-refractivity contribution in [3.8, 4) is 11.8 Å². The second kappa shape index (κ2) is 13.3. The molecular weight excluding hydrogens is 348 g/mol. The Morgan fingerprint density at radius 3 is 1.96 bits per heavy atom. The summed E-state index contributed by atoms with van der Waals surface area (Å²) in [5, 5.41) is 10.4. The van der Waals surface area contributed by atoms with Crippen LogP contribution in [0.3, 0.4) is 0 Å². The van der Waals surface area contributed by atoms with Gasteiger partial charge in [-0.1, -0.05) is 95.8 Å². The highest BCUT2D eigenvalue weighted by Gasteiger charge is 2.32. The van der Waals surface area contributed by atoms with Crippen LogP contribution in [0, 0.1) is 17.8 Å². The summed E-state index contributed by atoms with van der Waals surface area (Å²) in [7, 11) is 0. The second-order valence-electron chi connectivity index (χ2n) is 7.24. The van der Waals surface area contributed by atoms with Gasteiger partial charge in [0.05, 0.1) is 0 Å². The molecule has 0 saturated heterocycles. The van der Waals surface area contributed by atoms with Gasteiger partial charge in [-0.2, -0.15) is 0 Å². The lowest BCUT2D eigenvalue weighted by Gasteiger charge is -2.29. The van der Waals surface area contributed by atoms with E-state index in [9.17, 15) is 5.11 Å². The van der Waals surface area contributed by atoms with Crippen molar-refractivity contribution < 1.29 is 5.11 Å². The summed E-state index contributed by atoms with van der Waals surface area (Å²) in [6.07, 6.45) is 20.5. The normalized spacial score (nSPS) is 18.2. The third kappa shape index (κ3) is 10.5. The molecule has 0 aliphatic heterocycles. The van der Waals surface area contributed by atoms with Gasteiger partial charge in [-0.3, -0.25) is 0 Å². The third-order valence-corrected chi connectivity index (χ3v) is 5.91. The van der Waals surface area contributed by atoms with Crippen molar-refractivity contribution in [2.75, 3.05) is 0 Å². The van der Waals surface area contributed by atoms with E-state index in [4.69, 9.17) is 0 Å². The van der Waals surface area contributed by atoms with Crippen LogP contribution in [0.4, 0.5) is 0 Å². The third-order valence-electron chi connectivity index (χ3n) is 5.07. The van der Waals surface area contributed by atoms with Gasteiger partial charge < -0.3 is 5.11 Å². The molecule has 134 valence electrons. The lowest BCUT2D eigenvalue weighted by molar-refractivity contribution is 0.108. The largest absolute Gasteiger partial charge is 0.368 e. The van der Waals surface area contributed by atoms with Crippen molar-refractivity contribution in [3.05, 3.63) is 0 Å². The van der Waals surface area contributed by atoms with Crippen LogP contribution in [0.25, 0.3) is 0 Å². The SMILES string of the molecule is CCCCCCCCCCCCC#C[C@@](O)(Br)C1CCCCC1. The minimum atomic E-state index is -0.939. The molecule has 2 heteroatoms. The summed E-state index contributed by atoms with van der Waals surface area (Å²) in [6, 6.07) is 0. The number of unbranched alkanes of at least 4 members (excludes halogenated alkanes) is 10. The molecule has 0 unspecified atom stereocenters. The Morgan fingerprint density at radius 1 is 0.870 bits per heavy atom. The number of hydrogen-bond donors (Lipinski definition) is 1. The Hall–Kier alpha value is 0. The lowest BCUT2D eigenvalue weighted by Crippen LogP contribution is -2.31. The Balaban J connectivity index is 1.98. The highest BCUT2D eigenvalue weighted by molar-refractivity contribution is 9.10. The highest BCUT2D eigenvalue weighted by Crippen LogP contribution is 2.36. The zero-order valence-corrected chi connectivity index (χ0v) is 16.8. The van der Waals surface area contributed by atoms with Crippen molar-refractivity contribution in [2.45, 2.75) is 114 Å². The summed E-state index contributed by atoms with van der Waals surface area (Å²) < 4.78 is -0.939. The molecule has 1 aliphatic rings. The minimum absolute atomic E-state index is 0.316. The topological polar surface area (TPSA) is 20.2 Å². The molecule has 0 radical (unpaired) electrons. The molecular formula is C21H37BrO. The molecule has 0 heterocycles. The first-order valence-corrected chi connectivity index (χ1v) is 10.9. The van der Waals surface area contributed by atoms with E-state index in [1.807, 2.05) is 0 Å². The van der Waals surface area contributed by atoms with Gasteiger partial charge in [0, 0.05) is 12.3 Å². The van der Waals surface area contributed by atoms with Gasteiger partial charge in [0.1, 0.15) is 0 Å². The standard InChI is InChI=1S/C21H37BrO/c1-2-3-4-5-6-7-8-9-10-11-12-16-19-21(22,23)20-17-14-13-15-18-20/h20,23H,2-15,17-18H2,1H3/t21-/m0/s1. The maximum atomic E-state index is 10.4. The molecule has 1 nitrogen and oxygen atoms in total. The van der Waals surface area contributed by atoms with Crippen LogP contribution in [-0.4, -0.2) is 9.62 Å². The Bertz CT molecular complexity index is 333. The Kier molecular flexibility index (Phi) is 12.2. The summed E-state index contributed by atoms with van der Waals surface area (Å²) in [4.78, 5) is 0. The molecule has 0 aromatic carbocycles. The summed E-state index contributed by atoms with van der Waals surface area (Å²) in [6.45, 7) is 2.27. The predicted octanol–water partition coefficient (Wildman–Crippen LogP) is 6.96. The van der Waals surface area contributed by atoms with E-state index in [0.29, 0.717) is 5.92 Å². The van der Waals surface area contributed by atoms with Crippen molar-refractivity contribution in [1.29, 1.82) is 0 Å². The number of halogens is 1. The number of alkyl halides is 1. The van der Waals surface area contributed by atoms with Crippen LogP contribution >= 0.6 is 15.9 Å². The molecule has 1 rings (SSSR count). The van der Waals surface area contributed by atoms with E-state index >= 15 is 0 Å². The fraction of sp³-hybridized carbons (Fsp3) is 0.905. The number of rotatable bonds is 11. The fourth-order valence-corrected chi connectivity index (χ4v) is 4.07. The fourth-order valence-electron chi connectivity index (χ4n) is 3.47. The van der Waals surface area contributed by atoms with Crippen LogP contribution in [-0.2, 0) is 0 Å². The number of aliphatic hydroxyl groups is 1. The van der Waals surface area contributed by atoms with E-state index in [1.165, 1.54) is 83.5 Å². The van der Waals surface area contributed by atoms with Gasteiger partial charge >= 0.3 is 0 Å². The minimum Gasteiger partial charge on any atom is -0.368 e. The summed E-state index contributed by atoms with van der Waals surface area (Å²) in [5.41, 5.74) is 0. The van der Waals surface area contributed by atoms with Crippen LogP contribution in [0.5, 0.6) is 0 Å². The molecule has 1 saturated carbocycles. The quantitative estimate of drug-likeness (QED) is 0.231. The summed E-state index contributed by atoms with van der Waals surface area (Å²) in [5.74, 6) is 6.60. The first-order valence-electron chi connectivity index (χ1n) is 10.1. The van der Waals surface area contributed by atoms with E-state index in [1.54, 1.807) is 0 Å². The van der Waals surface area contributed by atoms with Crippen LogP contribution in [0.2, 0.25) is 0 Å². The average molecular weight is 385 g/mol. The highest BCUT2D eigenvalue weighted by atomic mass is 79.9. The Labute approximate surface area is 153 Å². The van der Waals surface area contributed by atoms with Gasteiger partial charge in [0.15, 0.2) is 4.51 Å². The molecule has 0 aromatic heterocycles. The molecule has 1 atom stereocenters. The van der Waals surface area contributed by atoms with E-state index in [2.05, 4.69) is 34.7 Å². The van der Waals surface area contributed by atoms with Crippen molar-refractivity contribution in [3.63, 3.8) is 0 Å². The first-order chi connectivity index (χ1) is 11.2. The van der Waals surface area contributed by atoms with Gasteiger partial charge in [-0.25, -0.2) is 0 Å². The molecule has 1 N–H and O–H groups in total. The lowest BCUT2D eigenvalue weighted by atomic mass is 9.85. The average Bonchev–Trinajstić information content (AvgIpc) is 2.56. The van der Waals surface area contributed by atoms with E-state index in [0.717, 1.165) is 19.3 Å². The van der Waals surface area contributed by atoms with Crippen molar-refractivity contribution in [2.24, 2.45) is 5.92 Å². The van der Waals surface area contributed by atoms with E-state index < -0.39 is 4.51 Å². The smallest absolute Gasteiger partial charge is 0.183 e. The predicted molar refractivity (Wildman–Crippen MR) is 105 cm³/mol. The van der Waals surface area contributed by atoms with Gasteiger partial charge in [0.2, 0.25) is 0 Å². The maximum Gasteiger partial charge on any atom is 0.183 e. The second-order valence-corrected chi connectivity index (χ2v) is 8.45. The van der Waals surface area contributed by atoms with Gasteiger partial charge in [0.25, 0.3) is 0 Å².